The van der Waals surface area contributed by atoms with Crippen LogP contribution in [-0.4, -0.2) is 19.4 Å². The fourth-order valence-corrected chi connectivity index (χ4v) is 0.309. The lowest BCUT2D eigenvalue weighted by Crippen LogP contribution is -2.07. The van der Waals surface area contributed by atoms with Gasteiger partial charge in [-0.25, -0.2) is 4.79 Å². The standard InChI is InChI=1S/C8H8O3/c1-3-5-7-11-8(9)10-6-4-2/h2H,6-7H2,1H3. The second-order valence-electron chi connectivity index (χ2n) is 1.46. The molecule has 0 saturated heterocycles. The lowest BCUT2D eigenvalue weighted by molar-refractivity contribution is 0.0745. The third-order valence-corrected chi connectivity index (χ3v) is 0.712. The molecule has 3 nitrogen and oxygen atoms in total. The Morgan fingerprint density at radius 1 is 1.45 bits per heavy atom. The molecule has 0 atom stereocenters. The zero-order valence-corrected chi connectivity index (χ0v) is 6.22. The van der Waals surface area contributed by atoms with Gasteiger partial charge in [-0.1, -0.05) is 11.8 Å². The van der Waals surface area contributed by atoms with Crippen molar-refractivity contribution in [2.24, 2.45) is 0 Å². The van der Waals surface area contributed by atoms with Gasteiger partial charge in [-0.15, -0.1) is 12.3 Å². The molecule has 0 aromatic rings. The van der Waals surface area contributed by atoms with E-state index in [1.54, 1.807) is 6.92 Å². The topological polar surface area (TPSA) is 35.5 Å². The molecule has 0 radical (unpaired) electrons. The van der Waals surface area contributed by atoms with Crippen molar-refractivity contribution in [3.05, 3.63) is 0 Å². The molecule has 58 valence electrons. The maximum Gasteiger partial charge on any atom is 0.510 e. The Balaban J connectivity index is 3.36. The lowest BCUT2D eigenvalue weighted by Gasteiger charge is -1.98. The summed E-state index contributed by atoms with van der Waals surface area (Å²) in [6, 6.07) is 0. The zero-order chi connectivity index (χ0) is 8.53. The van der Waals surface area contributed by atoms with Crippen LogP contribution >= 0.6 is 0 Å². The normalized spacial score (nSPS) is 6.91. The Labute approximate surface area is 65.7 Å². The predicted molar refractivity (Wildman–Crippen MR) is 39.6 cm³/mol. The monoisotopic (exact) mass is 152 g/mol. The molecule has 0 aromatic carbocycles. The van der Waals surface area contributed by atoms with E-state index in [4.69, 9.17) is 6.42 Å². The molecule has 0 amide bonds. The van der Waals surface area contributed by atoms with Gasteiger partial charge < -0.3 is 9.47 Å². The van der Waals surface area contributed by atoms with Crippen molar-refractivity contribution in [2.45, 2.75) is 6.92 Å². The summed E-state index contributed by atoms with van der Waals surface area (Å²) in [4.78, 5) is 10.5. The minimum Gasteiger partial charge on any atom is -0.421 e. The fourth-order valence-electron chi connectivity index (χ4n) is 0.309. The second-order valence-corrected chi connectivity index (χ2v) is 1.46. The number of ether oxygens (including phenoxy) is 2. The summed E-state index contributed by atoms with van der Waals surface area (Å²) in [7, 11) is 0. The Bertz CT molecular complexity index is 214. The molecule has 0 rings (SSSR count). The molecule has 0 bridgehead atoms. The molecule has 0 aliphatic rings. The van der Waals surface area contributed by atoms with Crippen LogP contribution in [0.1, 0.15) is 6.92 Å². The fraction of sp³-hybridized carbons (Fsp3) is 0.375. The molecule has 0 unspecified atom stereocenters. The van der Waals surface area contributed by atoms with Crippen molar-refractivity contribution in [3.63, 3.8) is 0 Å². The highest BCUT2D eigenvalue weighted by Gasteiger charge is 1.98. The molecular weight excluding hydrogens is 144 g/mol. The van der Waals surface area contributed by atoms with Crippen LogP contribution in [0, 0.1) is 24.2 Å². The van der Waals surface area contributed by atoms with Gasteiger partial charge in [-0.3, -0.25) is 0 Å². The first-order chi connectivity index (χ1) is 5.31. The van der Waals surface area contributed by atoms with Crippen molar-refractivity contribution >= 4 is 6.16 Å². The first kappa shape index (κ1) is 9.39. The van der Waals surface area contributed by atoms with Gasteiger partial charge in [0.05, 0.1) is 0 Å². The number of terminal acetylenes is 1. The smallest absolute Gasteiger partial charge is 0.421 e. The second kappa shape index (κ2) is 6.51. The highest BCUT2D eigenvalue weighted by molar-refractivity contribution is 5.60. The minimum atomic E-state index is -0.786. The van der Waals surface area contributed by atoms with Gasteiger partial charge >= 0.3 is 6.16 Å². The van der Waals surface area contributed by atoms with Crippen molar-refractivity contribution in [1.29, 1.82) is 0 Å². The van der Waals surface area contributed by atoms with Crippen LogP contribution < -0.4 is 0 Å². The van der Waals surface area contributed by atoms with Crippen LogP contribution in [0.5, 0.6) is 0 Å². The lowest BCUT2D eigenvalue weighted by atomic mass is 10.6. The van der Waals surface area contributed by atoms with Gasteiger partial charge in [0.15, 0.2) is 13.2 Å². The number of hydrogen-bond donors (Lipinski definition) is 0. The summed E-state index contributed by atoms with van der Waals surface area (Å²) in [6.45, 7) is 1.62. The largest absolute Gasteiger partial charge is 0.510 e. The molecular formula is C8H8O3. The van der Waals surface area contributed by atoms with Gasteiger partial charge in [-0.2, -0.15) is 0 Å². The van der Waals surface area contributed by atoms with Crippen molar-refractivity contribution in [2.75, 3.05) is 13.2 Å². The molecule has 11 heavy (non-hydrogen) atoms. The van der Waals surface area contributed by atoms with Crippen LogP contribution in [0.2, 0.25) is 0 Å². The van der Waals surface area contributed by atoms with Gasteiger partial charge in [-0.05, 0) is 6.92 Å². The van der Waals surface area contributed by atoms with E-state index in [-0.39, 0.29) is 13.2 Å². The van der Waals surface area contributed by atoms with Crippen LogP contribution in [0.4, 0.5) is 4.79 Å². The zero-order valence-electron chi connectivity index (χ0n) is 6.22. The predicted octanol–water partition coefficient (Wildman–Crippen LogP) is 0.796. The number of carbonyl (C=O) groups excluding carboxylic acids is 1. The third kappa shape index (κ3) is 6.27. The number of carbonyl (C=O) groups is 1. The summed E-state index contributed by atoms with van der Waals surface area (Å²) in [5.74, 6) is 7.22. The van der Waals surface area contributed by atoms with Crippen LogP contribution in [-0.2, 0) is 9.47 Å². The SMILES string of the molecule is C#CCOC(=O)OCC#CC. The van der Waals surface area contributed by atoms with Gasteiger partial charge in [0, 0.05) is 0 Å². The summed E-state index contributed by atoms with van der Waals surface area (Å²) in [6.07, 6.45) is 4.03. The quantitative estimate of drug-likeness (QED) is 0.433. The molecule has 0 fully saturated rings. The highest BCUT2D eigenvalue weighted by atomic mass is 16.7. The number of hydrogen-bond acceptors (Lipinski definition) is 3. The van der Waals surface area contributed by atoms with Crippen LogP contribution in [0.25, 0.3) is 0 Å². The third-order valence-electron chi connectivity index (χ3n) is 0.712. The Hall–Kier alpha value is -1.61. The first-order valence-corrected chi connectivity index (χ1v) is 2.94. The van der Waals surface area contributed by atoms with Crippen molar-refractivity contribution in [1.82, 2.24) is 0 Å². The number of rotatable bonds is 2. The molecule has 0 saturated carbocycles. The van der Waals surface area contributed by atoms with Gasteiger partial charge in [0.25, 0.3) is 0 Å². The van der Waals surface area contributed by atoms with E-state index in [1.807, 2.05) is 0 Å². The average Bonchev–Trinajstić information content (AvgIpc) is 2.01. The Morgan fingerprint density at radius 2 is 2.09 bits per heavy atom. The van der Waals surface area contributed by atoms with E-state index in [0.29, 0.717) is 0 Å². The molecule has 0 aliphatic heterocycles. The molecule has 0 aromatic heterocycles. The summed E-state index contributed by atoms with van der Waals surface area (Å²) in [5.41, 5.74) is 0. The molecule has 0 spiro atoms. The van der Waals surface area contributed by atoms with E-state index < -0.39 is 6.16 Å². The highest BCUT2D eigenvalue weighted by Crippen LogP contribution is 1.82. The molecule has 0 aliphatic carbocycles. The summed E-state index contributed by atoms with van der Waals surface area (Å²) in [5, 5.41) is 0. The van der Waals surface area contributed by atoms with Crippen molar-refractivity contribution in [3.8, 4) is 24.2 Å². The average molecular weight is 152 g/mol. The molecule has 3 heteroatoms. The Morgan fingerprint density at radius 3 is 2.64 bits per heavy atom. The Kier molecular flexibility index (Phi) is 5.56. The van der Waals surface area contributed by atoms with E-state index in [9.17, 15) is 4.79 Å². The van der Waals surface area contributed by atoms with Crippen molar-refractivity contribution < 1.29 is 14.3 Å². The van der Waals surface area contributed by atoms with Crippen LogP contribution in [0.15, 0.2) is 0 Å². The van der Waals surface area contributed by atoms with E-state index in [0.717, 1.165) is 0 Å². The van der Waals surface area contributed by atoms with E-state index in [2.05, 4.69) is 27.2 Å². The summed E-state index contributed by atoms with van der Waals surface area (Å²) < 4.78 is 8.83. The summed E-state index contributed by atoms with van der Waals surface area (Å²) >= 11 is 0. The van der Waals surface area contributed by atoms with Gasteiger partial charge in [0.2, 0.25) is 0 Å². The van der Waals surface area contributed by atoms with Gasteiger partial charge in [0.1, 0.15) is 0 Å². The van der Waals surface area contributed by atoms with E-state index in [1.165, 1.54) is 0 Å². The van der Waals surface area contributed by atoms with Crippen LogP contribution in [0.3, 0.4) is 0 Å². The maximum atomic E-state index is 10.5. The maximum absolute atomic E-state index is 10.5. The van der Waals surface area contributed by atoms with E-state index >= 15 is 0 Å². The minimum absolute atomic E-state index is 0.0416. The molecule has 0 N–H and O–H groups in total. The first-order valence-electron chi connectivity index (χ1n) is 2.94. The molecule has 0 heterocycles.